The zero-order valence-electron chi connectivity index (χ0n) is 9.06. The third-order valence-corrected chi connectivity index (χ3v) is 2.19. The van der Waals surface area contributed by atoms with Crippen molar-refractivity contribution >= 4 is 17.6 Å². The molecule has 2 rings (SSSR count). The van der Waals surface area contributed by atoms with Gasteiger partial charge in [0.25, 0.3) is 0 Å². The monoisotopic (exact) mass is 222 g/mol. The van der Waals surface area contributed by atoms with Crippen molar-refractivity contribution in [1.82, 2.24) is 0 Å². The first kappa shape index (κ1) is 10.9. The highest BCUT2D eigenvalue weighted by Gasteiger charge is 1.95. The molecule has 17 heavy (non-hydrogen) atoms. The van der Waals surface area contributed by atoms with Crippen LogP contribution in [-0.2, 0) is 0 Å². The van der Waals surface area contributed by atoms with Gasteiger partial charge in [0.2, 0.25) is 0 Å². The van der Waals surface area contributed by atoms with Crippen LogP contribution in [0.15, 0.2) is 64.7 Å². The van der Waals surface area contributed by atoms with Crippen molar-refractivity contribution in [2.75, 3.05) is 0 Å². The summed E-state index contributed by atoms with van der Waals surface area (Å²) in [5.74, 6) is 0. The summed E-state index contributed by atoms with van der Waals surface area (Å²) >= 11 is 0. The Kier molecular flexibility index (Phi) is 3.53. The molecule has 0 saturated heterocycles. The molecular formula is C13H10N4. The van der Waals surface area contributed by atoms with E-state index < -0.39 is 0 Å². The van der Waals surface area contributed by atoms with Gasteiger partial charge >= 0.3 is 0 Å². The summed E-state index contributed by atoms with van der Waals surface area (Å²) in [4.78, 5) is 7.08. The van der Waals surface area contributed by atoms with Crippen LogP contribution in [0.5, 0.6) is 0 Å². The highest BCUT2D eigenvalue weighted by atomic mass is 15.1. The van der Waals surface area contributed by atoms with Gasteiger partial charge in [0.1, 0.15) is 0 Å². The molecule has 0 aliphatic rings. The number of azide groups is 1. The number of para-hydroxylation sites is 1. The molecule has 0 spiro atoms. The van der Waals surface area contributed by atoms with E-state index in [9.17, 15) is 0 Å². The number of benzene rings is 2. The Hall–Kier alpha value is -2.58. The minimum absolute atomic E-state index is 0.530. The minimum atomic E-state index is 0.530. The quantitative estimate of drug-likeness (QED) is 0.320. The summed E-state index contributed by atoms with van der Waals surface area (Å²) in [6, 6.07) is 17.0. The Labute approximate surface area is 98.9 Å². The molecule has 2 aromatic rings. The number of aliphatic imine (C=N–C) groups is 1. The first-order chi connectivity index (χ1) is 8.40. The molecule has 0 radical (unpaired) electrons. The average Bonchev–Trinajstić information content (AvgIpc) is 2.39. The van der Waals surface area contributed by atoms with Gasteiger partial charge in [0, 0.05) is 11.1 Å². The maximum absolute atomic E-state index is 8.44. The lowest BCUT2D eigenvalue weighted by atomic mass is 10.2. The molecule has 0 aliphatic carbocycles. The average molecular weight is 222 g/mol. The van der Waals surface area contributed by atoms with E-state index in [-0.39, 0.29) is 0 Å². The molecule has 0 heterocycles. The van der Waals surface area contributed by atoms with Crippen LogP contribution in [0.4, 0.5) is 11.4 Å². The SMILES string of the molecule is [N-]=[N+]=Nc1ccccc1N=Cc1ccccc1. The van der Waals surface area contributed by atoms with E-state index in [0.717, 1.165) is 5.56 Å². The van der Waals surface area contributed by atoms with Crippen molar-refractivity contribution in [2.45, 2.75) is 0 Å². The van der Waals surface area contributed by atoms with Crippen molar-refractivity contribution in [2.24, 2.45) is 10.1 Å². The van der Waals surface area contributed by atoms with Gasteiger partial charge in [-0.3, -0.25) is 4.99 Å². The fourth-order valence-corrected chi connectivity index (χ4v) is 1.39. The fourth-order valence-electron chi connectivity index (χ4n) is 1.39. The van der Waals surface area contributed by atoms with Crippen LogP contribution in [0.1, 0.15) is 5.56 Å². The van der Waals surface area contributed by atoms with Crippen molar-refractivity contribution in [3.05, 3.63) is 70.6 Å². The molecule has 0 atom stereocenters. The number of nitrogens with zero attached hydrogens (tertiary/aromatic N) is 4. The zero-order valence-corrected chi connectivity index (χ0v) is 9.06. The van der Waals surface area contributed by atoms with Crippen LogP contribution in [0.3, 0.4) is 0 Å². The van der Waals surface area contributed by atoms with Gasteiger partial charge in [-0.05, 0) is 17.2 Å². The molecule has 82 valence electrons. The van der Waals surface area contributed by atoms with E-state index in [0.29, 0.717) is 11.4 Å². The Balaban J connectivity index is 2.30. The summed E-state index contributed by atoms with van der Waals surface area (Å²) in [5.41, 5.74) is 10.6. The molecule has 0 fully saturated rings. The Morgan fingerprint density at radius 3 is 2.24 bits per heavy atom. The third kappa shape index (κ3) is 2.93. The van der Waals surface area contributed by atoms with E-state index in [4.69, 9.17) is 5.53 Å². The molecule has 0 N–H and O–H groups in total. The van der Waals surface area contributed by atoms with Gasteiger partial charge in [-0.1, -0.05) is 53.6 Å². The lowest BCUT2D eigenvalue weighted by Gasteiger charge is -1.97. The summed E-state index contributed by atoms with van der Waals surface area (Å²) in [6.07, 6.45) is 1.74. The van der Waals surface area contributed by atoms with Crippen molar-refractivity contribution in [1.29, 1.82) is 0 Å². The largest absolute Gasteiger partial charge is 0.256 e. The molecule has 0 aliphatic heterocycles. The molecule has 4 nitrogen and oxygen atoms in total. The lowest BCUT2D eigenvalue weighted by Crippen LogP contribution is -1.77. The first-order valence-electron chi connectivity index (χ1n) is 5.13. The molecule has 2 aromatic carbocycles. The van der Waals surface area contributed by atoms with Crippen LogP contribution in [-0.4, -0.2) is 6.21 Å². The topological polar surface area (TPSA) is 61.1 Å². The van der Waals surface area contributed by atoms with Crippen LogP contribution in [0.2, 0.25) is 0 Å². The predicted molar refractivity (Wildman–Crippen MR) is 68.9 cm³/mol. The smallest absolute Gasteiger partial charge is 0.0725 e. The van der Waals surface area contributed by atoms with Crippen LogP contribution < -0.4 is 0 Å². The maximum Gasteiger partial charge on any atom is 0.0725 e. The summed E-state index contributed by atoms with van der Waals surface area (Å²) < 4.78 is 0. The normalized spacial score (nSPS) is 10.1. The van der Waals surface area contributed by atoms with Gasteiger partial charge < -0.3 is 0 Å². The van der Waals surface area contributed by atoms with E-state index in [1.807, 2.05) is 48.5 Å². The van der Waals surface area contributed by atoms with E-state index in [1.165, 1.54) is 0 Å². The number of hydrogen-bond donors (Lipinski definition) is 0. The summed E-state index contributed by atoms with van der Waals surface area (Å²) in [6.45, 7) is 0. The van der Waals surface area contributed by atoms with Crippen LogP contribution >= 0.6 is 0 Å². The zero-order chi connectivity index (χ0) is 11.9. The second kappa shape index (κ2) is 5.49. The van der Waals surface area contributed by atoms with Gasteiger partial charge in [0.15, 0.2) is 0 Å². The van der Waals surface area contributed by atoms with Gasteiger partial charge in [-0.2, -0.15) is 0 Å². The van der Waals surface area contributed by atoms with E-state index in [1.54, 1.807) is 12.3 Å². The fraction of sp³-hybridized carbons (Fsp3) is 0. The summed E-state index contributed by atoms with van der Waals surface area (Å²) in [7, 11) is 0. The standard InChI is InChI=1S/C13H10N4/c14-17-16-13-9-5-4-8-12(13)15-10-11-6-2-1-3-7-11/h1-10H. The first-order valence-corrected chi connectivity index (χ1v) is 5.13. The van der Waals surface area contributed by atoms with Crippen molar-refractivity contribution in [3.8, 4) is 0 Å². The van der Waals surface area contributed by atoms with Crippen LogP contribution in [0, 0.1) is 0 Å². The van der Waals surface area contributed by atoms with E-state index in [2.05, 4.69) is 15.0 Å². The molecule has 0 saturated carbocycles. The Morgan fingerprint density at radius 2 is 1.53 bits per heavy atom. The highest BCUT2D eigenvalue weighted by molar-refractivity contribution is 5.83. The number of hydrogen-bond acceptors (Lipinski definition) is 2. The predicted octanol–water partition coefficient (Wildman–Crippen LogP) is 4.38. The summed E-state index contributed by atoms with van der Waals surface area (Å²) in [5, 5.41) is 3.59. The second-order valence-corrected chi connectivity index (χ2v) is 3.35. The van der Waals surface area contributed by atoms with Crippen molar-refractivity contribution in [3.63, 3.8) is 0 Å². The molecule has 0 bridgehead atoms. The Bertz CT molecular complexity index is 569. The molecule has 0 unspecified atom stereocenters. The molecular weight excluding hydrogens is 212 g/mol. The number of rotatable bonds is 3. The van der Waals surface area contributed by atoms with Crippen LogP contribution in [0.25, 0.3) is 10.4 Å². The minimum Gasteiger partial charge on any atom is -0.256 e. The highest BCUT2D eigenvalue weighted by Crippen LogP contribution is 2.27. The third-order valence-electron chi connectivity index (χ3n) is 2.19. The van der Waals surface area contributed by atoms with E-state index >= 15 is 0 Å². The second-order valence-electron chi connectivity index (χ2n) is 3.35. The molecule has 4 heteroatoms. The molecule has 0 amide bonds. The van der Waals surface area contributed by atoms with Gasteiger partial charge in [-0.15, -0.1) is 0 Å². The van der Waals surface area contributed by atoms with Gasteiger partial charge in [0.05, 0.1) is 11.4 Å². The van der Waals surface area contributed by atoms with Gasteiger partial charge in [-0.25, -0.2) is 0 Å². The Morgan fingerprint density at radius 1 is 0.882 bits per heavy atom. The molecule has 0 aromatic heterocycles. The maximum atomic E-state index is 8.44. The lowest BCUT2D eigenvalue weighted by molar-refractivity contribution is 1.42. The van der Waals surface area contributed by atoms with Crippen molar-refractivity contribution < 1.29 is 0 Å².